The van der Waals surface area contributed by atoms with Crippen LogP contribution in [-0.2, 0) is 13.5 Å². The smallest absolute Gasteiger partial charge is 0.0521 e. The first kappa shape index (κ1) is 14.3. The van der Waals surface area contributed by atoms with Crippen molar-refractivity contribution in [3.8, 4) is 0 Å². The summed E-state index contributed by atoms with van der Waals surface area (Å²) in [4.78, 5) is 0. The molecule has 102 valence electrons. The van der Waals surface area contributed by atoms with Crippen LogP contribution in [0.25, 0.3) is 0 Å². The van der Waals surface area contributed by atoms with Gasteiger partial charge in [-0.1, -0.05) is 35.0 Å². The maximum Gasteiger partial charge on any atom is 0.0521 e. The molecule has 0 aliphatic rings. The van der Waals surface area contributed by atoms with Gasteiger partial charge in [-0.25, -0.2) is 0 Å². The Morgan fingerprint density at radius 3 is 2.89 bits per heavy atom. The number of halogens is 1. The van der Waals surface area contributed by atoms with E-state index in [-0.39, 0.29) is 0 Å². The SMILES string of the molecule is CCNCC(Cc1cnn(C)c1)c1cccc(Br)c1. The fourth-order valence-corrected chi connectivity index (χ4v) is 2.67. The minimum Gasteiger partial charge on any atom is -0.316 e. The van der Waals surface area contributed by atoms with Gasteiger partial charge in [0, 0.05) is 30.2 Å². The maximum absolute atomic E-state index is 4.25. The molecule has 0 bridgehead atoms. The van der Waals surface area contributed by atoms with Crippen LogP contribution in [0.1, 0.15) is 24.0 Å². The Kier molecular flexibility index (Phi) is 5.16. The molecule has 0 aliphatic carbocycles. The second-order valence-corrected chi connectivity index (χ2v) is 5.70. The summed E-state index contributed by atoms with van der Waals surface area (Å²) >= 11 is 3.55. The molecule has 0 amide bonds. The van der Waals surface area contributed by atoms with E-state index in [0.29, 0.717) is 5.92 Å². The van der Waals surface area contributed by atoms with Crippen molar-refractivity contribution in [3.63, 3.8) is 0 Å². The third kappa shape index (κ3) is 4.18. The third-order valence-corrected chi connectivity index (χ3v) is 3.69. The number of nitrogens with zero attached hydrogens (tertiary/aromatic N) is 2. The fraction of sp³-hybridized carbons (Fsp3) is 0.400. The molecule has 0 spiro atoms. The fourth-order valence-electron chi connectivity index (χ4n) is 2.25. The lowest BCUT2D eigenvalue weighted by Crippen LogP contribution is -2.22. The topological polar surface area (TPSA) is 29.9 Å². The summed E-state index contributed by atoms with van der Waals surface area (Å²) in [5.74, 6) is 0.474. The largest absolute Gasteiger partial charge is 0.316 e. The summed E-state index contributed by atoms with van der Waals surface area (Å²) in [5.41, 5.74) is 2.64. The predicted molar refractivity (Wildman–Crippen MR) is 82.3 cm³/mol. The first-order chi connectivity index (χ1) is 9.19. The molecule has 2 rings (SSSR count). The zero-order chi connectivity index (χ0) is 13.7. The average Bonchev–Trinajstić information content (AvgIpc) is 2.80. The molecular weight excluding hydrogens is 302 g/mol. The second kappa shape index (κ2) is 6.87. The number of hydrogen-bond donors (Lipinski definition) is 1. The number of aryl methyl sites for hydroxylation is 1. The average molecular weight is 322 g/mol. The number of likely N-dealkylation sites (N-methyl/N-ethyl adjacent to an activating group) is 1. The lowest BCUT2D eigenvalue weighted by Gasteiger charge is -2.17. The van der Waals surface area contributed by atoms with Crippen LogP contribution in [-0.4, -0.2) is 22.9 Å². The van der Waals surface area contributed by atoms with Gasteiger partial charge < -0.3 is 5.32 Å². The second-order valence-electron chi connectivity index (χ2n) is 4.79. The van der Waals surface area contributed by atoms with Crippen LogP contribution in [0.2, 0.25) is 0 Å². The van der Waals surface area contributed by atoms with Gasteiger partial charge in [-0.15, -0.1) is 0 Å². The minimum atomic E-state index is 0.474. The Labute approximate surface area is 123 Å². The summed E-state index contributed by atoms with van der Waals surface area (Å²) in [5, 5.41) is 7.70. The summed E-state index contributed by atoms with van der Waals surface area (Å²) in [6.45, 7) is 4.13. The van der Waals surface area contributed by atoms with E-state index in [0.717, 1.165) is 24.0 Å². The molecule has 1 heterocycles. The van der Waals surface area contributed by atoms with Crippen molar-refractivity contribution in [1.29, 1.82) is 0 Å². The van der Waals surface area contributed by atoms with E-state index in [1.54, 1.807) is 0 Å². The Bertz CT molecular complexity index is 522. The molecular formula is C15H20BrN3. The normalized spacial score (nSPS) is 12.6. The maximum atomic E-state index is 4.25. The number of benzene rings is 1. The number of nitrogens with one attached hydrogen (secondary N) is 1. The molecule has 1 aromatic carbocycles. The Balaban J connectivity index is 2.15. The molecule has 19 heavy (non-hydrogen) atoms. The van der Waals surface area contributed by atoms with Crippen LogP contribution < -0.4 is 5.32 Å². The summed E-state index contributed by atoms with van der Waals surface area (Å²) < 4.78 is 3.00. The molecule has 1 N–H and O–H groups in total. The molecule has 3 nitrogen and oxygen atoms in total. The zero-order valence-electron chi connectivity index (χ0n) is 11.4. The monoisotopic (exact) mass is 321 g/mol. The summed E-state index contributed by atoms with van der Waals surface area (Å²) in [7, 11) is 1.96. The van der Waals surface area contributed by atoms with Gasteiger partial charge >= 0.3 is 0 Å². The van der Waals surface area contributed by atoms with E-state index in [1.165, 1.54) is 11.1 Å². The van der Waals surface area contributed by atoms with Gasteiger partial charge in [-0.05, 0) is 36.2 Å². The van der Waals surface area contributed by atoms with Gasteiger partial charge in [0.15, 0.2) is 0 Å². The predicted octanol–water partition coefficient (Wildman–Crippen LogP) is 3.12. The molecule has 0 saturated heterocycles. The van der Waals surface area contributed by atoms with Crippen LogP contribution in [0.4, 0.5) is 0 Å². The first-order valence-corrected chi connectivity index (χ1v) is 7.42. The first-order valence-electron chi connectivity index (χ1n) is 6.62. The molecule has 0 radical (unpaired) electrons. The minimum absolute atomic E-state index is 0.474. The van der Waals surface area contributed by atoms with Crippen LogP contribution in [0.5, 0.6) is 0 Å². The van der Waals surface area contributed by atoms with Crippen molar-refractivity contribution in [2.45, 2.75) is 19.3 Å². The van der Waals surface area contributed by atoms with Crippen molar-refractivity contribution < 1.29 is 0 Å². The molecule has 4 heteroatoms. The van der Waals surface area contributed by atoms with Gasteiger partial charge in [0.1, 0.15) is 0 Å². The van der Waals surface area contributed by atoms with Crippen LogP contribution in [0.15, 0.2) is 41.1 Å². The summed E-state index contributed by atoms with van der Waals surface area (Å²) in [6.07, 6.45) is 5.06. The van der Waals surface area contributed by atoms with Crippen LogP contribution >= 0.6 is 15.9 Å². The summed E-state index contributed by atoms with van der Waals surface area (Å²) in [6, 6.07) is 8.57. The Morgan fingerprint density at radius 2 is 2.26 bits per heavy atom. The molecule has 0 fully saturated rings. The van der Waals surface area contributed by atoms with Crippen molar-refractivity contribution in [1.82, 2.24) is 15.1 Å². The zero-order valence-corrected chi connectivity index (χ0v) is 13.0. The molecule has 0 aliphatic heterocycles. The van der Waals surface area contributed by atoms with Gasteiger partial charge in [0.2, 0.25) is 0 Å². The third-order valence-electron chi connectivity index (χ3n) is 3.20. The van der Waals surface area contributed by atoms with E-state index in [2.05, 4.69) is 63.7 Å². The molecule has 0 saturated carbocycles. The molecule has 1 unspecified atom stereocenters. The van der Waals surface area contributed by atoms with Gasteiger partial charge in [0.05, 0.1) is 6.20 Å². The van der Waals surface area contributed by atoms with Crippen molar-refractivity contribution in [2.24, 2.45) is 7.05 Å². The molecule has 2 aromatic rings. The van der Waals surface area contributed by atoms with Gasteiger partial charge in [-0.2, -0.15) is 5.10 Å². The van der Waals surface area contributed by atoms with E-state index in [1.807, 2.05) is 17.9 Å². The van der Waals surface area contributed by atoms with E-state index in [9.17, 15) is 0 Å². The van der Waals surface area contributed by atoms with Crippen LogP contribution in [0, 0.1) is 0 Å². The Morgan fingerprint density at radius 1 is 1.42 bits per heavy atom. The number of aromatic nitrogens is 2. The molecule has 1 aromatic heterocycles. The van der Waals surface area contributed by atoms with Crippen molar-refractivity contribution >= 4 is 15.9 Å². The number of hydrogen-bond acceptors (Lipinski definition) is 2. The highest BCUT2D eigenvalue weighted by Gasteiger charge is 2.13. The lowest BCUT2D eigenvalue weighted by atomic mass is 9.93. The lowest BCUT2D eigenvalue weighted by molar-refractivity contribution is 0.594. The van der Waals surface area contributed by atoms with Crippen molar-refractivity contribution in [3.05, 3.63) is 52.3 Å². The van der Waals surface area contributed by atoms with Crippen LogP contribution in [0.3, 0.4) is 0 Å². The van der Waals surface area contributed by atoms with Gasteiger partial charge in [-0.3, -0.25) is 4.68 Å². The highest BCUT2D eigenvalue weighted by Crippen LogP contribution is 2.23. The highest BCUT2D eigenvalue weighted by molar-refractivity contribution is 9.10. The van der Waals surface area contributed by atoms with Gasteiger partial charge in [0.25, 0.3) is 0 Å². The standard InChI is InChI=1S/C15H20BrN3/c1-3-17-10-14(7-12-9-18-19(2)11-12)13-5-4-6-15(16)8-13/h4-6,8-9,11,14,17H,3,7,10H2,1-2H3. The van der Waals surface area contributed by atoms with E-state index >= 15 is 0 Å². The van der Waals surface area contributed by atoms with E-state index in [4.69, 9.17) is 0 Å². The molecule has 1 atom stereocenters. The quantitative estimate of drug-likeness (QED) is 0.886. The highest BCUT2D eigenvalue weighted by atomic mass is 79.9. The number of rotatable bonds is 6. The van der Waals surface area contributed by atoms with Crippen molar-refractivity contribution in [2.75, 3.05) is 13.1 Å². The Hall–Kier alpha value is -1.13. The van der Waals surface area contributed by atoms with E-state index < -0.39 is 0 Å².